The maximum Gasteiger partial charge on any atom is 0.240 e. The Bertz CT molecular complexity index is 618. The van der Waals surface area contributed by atoms with Gasteiger partial charge in [0.15, 0.2) is 0 Å². The fourth-order valence-corrected chi connectivity index (χ4v) is 4.20. The van der Waals surface area contributed by atoms with Crippen LogP contribution in [0.4, 0.5) is 0 Å². The zero-order valence-corrected chi connectivity index (χ0v) is 13.7. The SMILES string of the molecule is Cc1c(CO)cc(Cl)cc1S(=O)(=O)NCC1CCOC1C. The number of rotatable bonds is 5. The van der Waals surface area contributed by atoms with E-state index in [2.05, 4.69) is 4.72 Å². The molecule has 0 saturated carbocycles. The molecule has 1 aliphatic rings. The number of benzene rings is 1. The minimum Gasteiger partial charge on any atom is -0.392 e. The molecule has 0 radical (unpaired) electrons. The summed E-state index contributed by atoms with van der Waals surface area (Å²) in [5.74, 6) is 0.177. The molecule has 5 nitrogen and oxygen atoms in total. The van der Waals surface area contributed by atoms with Crippen LogP contribution in [0.1, 0.15) is 24.5 Å². The average Bonchev–Trinajstić information content (AvgIpc) is 2.84. The van der Waals surface area contributed by atoms with Crippen molar-refractivity contribution < 1.29 is 18.3 Å². The summed E-state index contributed by atoms with van der Waals surface area (Å²) in [6.07, 6.45) is 0.904. The summed E-state index contributed by atoms with van der Waals surface area (Å²) >= 11 is 5.93. The van der Waals surface area contributed by atoms with Crippen molar-refractivity contribution in [3.8, 4) is 0 Å². The van der Waals surface area contributed by atoms with Crippen LogP contribution in [0.5, 0.6) is 0 Å². The lowest BCUT2D eigenvalue weighted by Crippen LogP contribution is -2.32. The van der Waals surface area contributed by atoms with Gasteiger partial charge in [0.05, 0.1) is 17.6 Å². The summed E-state index contributed by atoms with van der Waals surface area (Å²) in [5.41, 5.74) is 1.03. The molecule has 0 aromatic heterocycles. The largest absolute Gasteiger partial charge is 0.392 e. The number of ether oxygens (including phenoxy) is 1. The third kappa shape index (κ3) is 3.76. The van der Waals surface area contributed by atoms with E-state index < -0.39 is 10.0 Å². The molecule has 2 unspecified atom stereocenters. The smallest absolute Gasteiger partial charge is 0.240 e. The lowest BCUT2D eigenvalue weighted by molar-refractivity contribution is 0.107. The van der Waals surface area contributed by atoms with Crippen molar-refractivity contribution in [1.82, 2.24) is 4.72 Å². The molecule has 2 rings (SSSR count). The molecular formula is C14H20ClNO4S. The van der Waals surface area contributed by atoms with Crippen molar-refractivity contribution in [1.29, 1.82) is 0 Å². The normalized spacial score (nSPS) is 22.7. The van der Waals surface area contributed by atoms with Crippen molar-refractivity contribution in [3.63, 3.8) is 0 Å². The van der Waals surface area contributed by atoms with E-state index in [1.54, 1.807) is 13.0 Å². The summed E-state index contributed by atoms with van der Waals surface area (Å²) in [4.78, 5) is 0.116. The van der Waals surface area contributed by atoms with E-state index >= 15 is 0 Å². The lowest BCUT2D eigenvalue weighted by Gasteiger charge is -2.17. The Morgan fingerprint density at radius 1 is 1.48 bits per heavy atom. The van der Waals surface area contributed by atoms with E-state index in [-0.39, 0.29) is 23.5 Å². The molecule has 1 fully saturated rings. The van der Waals surface area contributed by atoms with Crippen LogP contribution in [0.25, 0.3) is 0 Å². The zero-order chi connectivity index (χ0) is 15.6. The molecular weight excluding hydrogens is 314 g/mol. The van der Waals surface area contributed by atoms with E-state index in [1.165, 1.54) is 6.07 Å². The Kier molecular flexibility index (Phi) is 5.27. The van der Waals surface area contributed by atoms with Gasteiger partial charge in [0, 0.05) is 24.1 Å². The molecule has 2 N–H and O–H groups in total. The van der Waals surface area contributed by atoms with Crippen LogP contribution in [0.2, 0.25) is 5.02 Å². The molecule has 0 spiro atoms. The number of aliphatic hydroxyl groups excluding tert-OH is 1. The van der Waals surface area contributed by atoms with Crippen molar-refractivity contribution in [2.75, 3.05) is 13.2 Å². The maximum absolute atomic E-state index is 12.4. The third-order valence-electron chi connectivity index (χ3n) is 3.96. The van der Waals surface area contributed by atoms with E-state index in [4.69, 9.17) is 16.3 Å². The highest BCUT2D eigenvalue weighted by molar-refractivity contribution is 7.89. The van der Waals surface area contributed by atoms with Crippen LogP contribution in [-0.2, 0) is 21.4 Å². The summed E-state index contributed by atoms with van der Waals surface area (Å²) in [6, 6.07) is 2.98. The van der Waals surface area contributed by atoms with Gasteiger partial charge in [-0.1, -0.05) is 11.6 Å². The molecule has 1 aromatic carbocycles. The molecule has 7 heteroatoms. The van der Waals surface area contributed by atoms with Crippen molar-refractivity contribution in [3.05, 3.63) is 28.3 Å². The highest BCUT2D eigenvalue weighted by Crippen LogP contribution is 2.25. The van der Waals surface area contributed by atoms with Crippen LogP contribution < -0.4 is 4.72 Å². The number of hydrogen-bond donors (Lipinski definition) is 2. The van der Waals surface area contributed by atoms with Crippen molar-refractivity contribution in [2.24, 2.45) is 5.92 Å². The van der Waals surface area contributed by atoms with Gasteiger partial charge in [-0.2, -0.15) is 0 Å². The molecule has 1 aliphatic heterocycles. The molecule has 2 atom stereocenters. The molecule has 0 aliphatic carbocycles. The first kappa shape index (κ1) is 16.7. The minimum atomic E-state index is -3.66. The van der Waals surface area contributed by atoms with E-state index in [9.17, 15) is 13.5 Å². The van der Waals surface area contributed by atoms with Crippen LogP contribution in [0, 0.1) is 12.8 Å². The van der Waals surface area contributed by atoms with Gasteiger partial charge < -0.3 is 9.84 Å². The van der Waals surface area contributed by atoms with E-state index in [1.807, 2.05) is 6.92 Å². The second kappa shape index (κ2) is 6.62. The van der Waals surface area contributed by atoms with Gasteiger partial charge in [0.2, 0.25) is 10.0 Å². The first-order valence-corrected chi connectivity index (χ1v) is 8.72. The highest BCUT2D eigenvalue weighted by atomic mass is 35.5. The Morgan fingerprint density at radius 3 is 2.76 bits per heavy atom. The standard InChI is InChI=1S/C14H20ClNO4S/c1-9-12(8-17)5-13(15)6-14(9)21(18,19)16-7-11-3-4-20-10(11)2/h5-6,10-11,16-17H,3-4,7-8H2,1-2H3. The number of halogens is 1. The minimum absolute atomic E-state index is 0.0566. The predicted octanol–water partition coefficient (Wildman–Crippen LogP) is 1.84. The fourth-order valence-electron chi connectivity index (χ4n) is 2.49. The highest BCUT2D eigenvalue weighted by Gasteiger charge is 2.27. The van der Waals surface area contributed by atoms with Crippen molar-refractivity contribution >= 4 is 21.6 Å². The van der Waals surface area contributed by atoms with Gasteiger partial charge in [-0.15, -0.1) is 0 Å². The second-order valence-electron chi connectivity index (χ2n) is 5.32. The number of sulfonamides is 1. The van der Waals surface area contributed by atoms with Gasteiger partial charge in [0.1, 0.15) is 0 Å². The molecule has 1 saturated heterocycles. The Balaban J connectivity index is 2.21. The van der Waals surface area contributed by atoms with Gasteiger partial charge in [-0.25, -0.2) is 13.1 Å². The van der Waals surface area contributed by atoms with Crippen LogP contribution in [0.15, 0.2) is 17.0 Å². The monoisotopic (exact) mass is 333 g/mol. The number of nitrogens with one attached hydrogen (secondary N) is 1. The van der Waals surface area contributed by atoms with Gasteiger partial charge in [0.25, 0.3) is 0 Å². The van der Waals surface area contributed by atoms with E-state index in [0.717, 1.165) is 6.42 Å². The Morgan fingerprint density at radius 2 is 2.19 bits per heavy atom. The molecule has 21 heavy (non-hydrogen) atoms. The topological polar surface area (TPSA) is 75.6 Å². The van der Waals surface area contributed by atoms with Crippen LogP contribution >= 0.6 is 11.6 Å². The Hall–Kier alpha value is -0.660. The summed E-state index contributed by atoms with van der Waals surface area (Å²) in [5, 5.41) is 9.57. The molecule has 1 heterocycles. The first-order valence-electron chi connectivity index (χ1n) is 6.86. The summed E-state index contributed by atoms with van der Waals surface area (Å²) in [6.45, 7) is 4.36. The van der Waals surface area contributed by atoms with E-state index in [0.29, 0.717) is 29.3 Å². The van der Waals surface area contributed by atoms with Gasteiger partial charge in [-0.3, -0.25) is 0 Å². The second-order valence-corrected chi connectivity index (χ2v) is 7.49. The summed E-state index contributed by atoms with van der Waals surface area (Å²) < 4.78 is 32.9. The summed E-state index contributed by atoms with van der Waals surface area (Å²) in [7, 11) is -3.66. The van der Waals surface area contributed by atoms with Gasteiger partial charge >= 0.3 is 0 Å². The number of hydrogen-bond acceptors (Lipinski definition) is 4. The average molecular weight is 334 g/mol. The third-order valence-corrected chi connectivity index (χ3v) is 5.73. The van der Waals surface area contributed by atoms with Crippen LogP contribution in [0.3, 0.4) is 0 Å². The molecule has 0 amide bonds. The predicted molar refractivity (Wildman–Crippen MR) is 80.8 cm³/mol. The first-order chi connectivity index (χ1) is 9.85. The fraction of sp³-hybridized carbons (Fsp3) is 0.571. The number of aliphatic hydroxyl groups is 1. The quantitative estimate of drug-likeness (QED) is 0.862. The van der Waals surface area contributed by atoms with Crippen LogP contribution in [-0.4, -0.2) is 32.8 Å². The molecule has 0 bridgehead atoms. The maximum atomic E-state index is 12.4. The zero-order valence-electron chi connectivity index (χ0n) is 12.1. The Labute approximate surface area is 130 Å². The lowest BCUT2D eigenvalue weighted by atomic mass is 10.0. The van der Waals surface area contributed by atoms with Gasteiger partial charge in [-0.05, 0) is 43.5 Å². The molecule has 1 aromatic rings. The molecule has 118 valence electrons. The van der Waals surface area contributed by atoms with Crippen molar-refractivity contribution in [2.45, 2.75) is 37.9 Å².